The number of amides is 4. The number of hydrogen-bond donors (Lipinski definition) is 2. The van der Waals surface area contributed by atoms with Crippen LogP contribution < -0.4 is 5.32 Å². The van der Waals surface area contributed by atoms with Crippen molar-refractivity contribution < 1.29 is 29.0 Å². The predicted octanol–water partition coefficient (Wildman–Crippen LogP) is 3.60. The van der Waals surface area contributed by atoms with Crippen LogP contribution in [0.2, 0.25) is 0 Å². The SMILES string of the molecule is CC(C)(C)N1C(=O)OC2(CCCN(C3CCN(C(=O)c4c(NC(=O)O)sc5ncccc45)CC3)C2)C1=O. The number of ether oxygens (including phenoxy) is 1. The third-order valence-corrected chi connectivity index (χ3v) is 8.41. The Morgan fingerprint density at radius 3 is 2.59 bits per heavy atom. The number of carboxylic acid groups (broad SMARTS) is 1. The number of carbonyl (C=O) groups excluding carboxylic acids is 3. The third-order valence-electron chi connectivity index (χ3n) is 7.38. The van der Waals surface area contributed by atoms with Crippen molar-refractivity contribution in [3.8, 4) is 0 Å². The zero-order valence-electron chi connectivity index (χ0n) is 21.2. The molecule has 2 N–H and O–H groups in total. The number of thiophene rings is 1. The van der Waals surface area contributed by atoms with Gasteiger partial charge in [-0.25, -0.2) is 19.5 Å². The van der Waals surface area contributed by atoms with Crippen molar-refractivity contribution in [1.29, 1.82) is 0 Å². The molecule has 1 spiro atoms. The number of carbonyl (C=O) groups is 4. The molecule has 5 rings (SSSR count). The number of nitrogens with zero attached hydrogens (tertiary/aromatic N) is 4. The van der Waals surface area contributed by atoms with E-state index in [2.05, 4.69) is 15.2 Å². The van der Waals surface area contributed by atoms with Crippen LogP contribution in [0.25, 0.3) is 10.2 Å². The first-order valence-electron chi connectivity index (χ1n) is 12.5. The maximum absolute atomic E-state index is 13.5. The topological polar surface area (TPSA) is 132 Å². The van der Waals surface area contributed by atoms with Crippen molar-refractivity contribution in [2.75, 3.05) is 31.5 Å². The van der Waals surface area contributed by atoms with E-state index in [1.54, 1.807) is 23.2 Å². The molecule has 1 atom stereocenters. The van der Waals surface area contributed by atoms with Gasteiger partial charge in [-0.1, -0.05) is 11.3 Å². The van der Waals surface area contributed by atoms with Crippen LogP contribution in [0.15, 0.2) is 18.3 Å². The van der Waals surface area contributed by atoms with Gasteiger partial charge in [0.2, 0.25) is 5.60 Å². The number of pyridine rings is 1. The number of anilines is 1. The Kier molecular flexibility index (Phi) is 6.35. The molecule has 4 amide bonds. The van der Waals surface area contributed by atoms with E-state index in [-0.39, 0.29) is 22.9 Å². The van der Waals surface area contributed by atoms with Crippen LogP contribution in [0.5, 0.6) is 0 Å². The van der Waals surface area contributed by atoms with Gasteiger partial charge in [-0.15, -0.1) is 0 Å². The average Bonchev–Trinajstić information content (AvgIpc) is 3.31. The van der Waals surface area contributed by atoms with E-state index >= 15 is 0 Å². The summed E-state index contributed by atoms with van der Waals surface area (Å²) in [6.45, 7) is 7.62. The summed E-state index contributed by atoms with van der Waals surface area (Å²) < 4.78 is 5.73. The Morgan fingerprint density at radius 1 is 1.22 bits per heavy atom. The molecule has 1 unspecified atom stereocenters. The highest BCUT2D eigenvalue weighted by atomic mass is 32.1. The van der Waals surface area contributed by atoms with E-state index in [0.717, 1.165) is 24.3 Å². The molecule has 2 aromatic heterocycles. The molecule has 3 aliphatic heterocycles. The van der Waals surface area contributed by atoms with Crippen LogP contribution in [-0.4, -0.2) is 92.2 Å². The number of aromatic nitrogens is 1. The number of fused-ring (bicyclic) bond motifs is 1. The molecular formula is C25H31N5O6S. The number of nitrogens with one attached hydrogen (secondary N) is 1. The Morgan fingerprint density at radius 2 is 1.95 bits per heavy atom. The summed E-state index contributed by atoms with van der Waals surface area (Å²) in [5, 5.41) is 12.5. The van der Waals surface area contributed by atoms with Gasteiger partial charge in [-0.2, -0.15) is 0 Å². The lowest BCUT2D eigenvalue weighted by molar-refractivity contribution is -0.144. The fourth-order valence-electron chi connectivity index (χ4n) is 5.67. The molecule has 11 nitrogen and oxygen atoms in total. The Hall–Kier alpha value is -3.25. The van der Waals surface area contributed by atoms with Crippen molar-refractivity contribution in [3.05, 3.63) is 23.9 Å². The molecule has 37 heavy (non-hydrogen) atoms. The van der Waals surface area contributed by atoms with Crippen LogP contribution >= 0.6 is 11.3 Å². The van der Waals surface area contributed by atoms with Gasteiger partial charge in [0.15, 0.2) is 0 Å². The van der Waals surface area contributed by atoms with Crippen LogP contribution in [0.3, 0.4) is 0 Å². The highest BCUT2D eigenvalue weighted by Crippen LogP contribution is 2.39. The van der Waals surface area contributed by atoms with Gasteiger partial charge in [-0.3, -0.25) is 19.8 Å². The first-order chi connectivity index (χ1) is 17.5. The molecule has 0 aromatic carbocycles. The minimum atomic E-state index is -1.23. The lowest BCUT2D eigenvalue weighted by Gasteiger charge is -2.44. The molecule has 12 heteroatoms. The predicted molar refractivity (Wildman–Crippen MR) is 137 cm³/mol. The molecule has 198 valence electrons. The van der Waals surface area contributed by atoms with Crippen LogP contribution in [0.1, 0.15) is 56.8 Å². The van der Waals surface area contributed by atoms with Crippen molar-refractivity contribution in [3.63, 3.8) is 0 Å². The Balaban J connectivity index is 1.28. The minimum absolute atomic E-state index is 0.147. The molecule has 0 radical (unpaired) electrons. The maximum Gasteiger partial charge on any atom is 0.418 e. The molecule has 5 heterocycles. The van der Waals surface area contributed by atoms with Crippen molar-refractivity contribution in [2.45, 2.75) is 63.6 Å². The minimum Gasteiger partial charge on any atom is -0.465 e. The smallest absolute Gasteiger partial charge is 0.418 e. The summed E-state index contributed by atoms with van der Waals surface area (Å²) in [5.41, 5.74) is -1.46. The van der Waals surface area contributed by atoms with E-state index in [1.165, 1.54) is 4.90 Å². The Labute approximate surface area is 218 Å². The third kappa shape index (κ3) is 4.52. The van der Waals surface area contributed by atoms with Crippen LogP contribution in [-0.2, 0) is 9.53 Å². The average molecular weight is 530 g/mol. The molecule has 3 fully saturated rings. The summed E-state index contributed by atoms with van der Waals surface area (Å²) in [7, 11) is 0. The second kappa shape index (κ2) is 9.25. The molecule has 3 saturated heterocycles. The standard InChI is InChI=1S/C25H31N5O6S/c1-24(2,3)30-21(32)25(36-23(30)35)9-5-11-29(14-25)15-7-12-28(13-8-15)20(31)17-16-6-4-10-26-18(16)37-19(17)27-22(33)34/h4,6,10,15,27H,5,7-9,11-14H2,1-3H3,(H,33,34). The number of hydrogen-bond acceptors (Lipinski definition) is 8. The van der Waals surface area contributed by atoms with Gasteiger partial charge in [0.05, 0.1) is 5.56 Å². The second-order valence-corrected chi connectivity index (χ2v) is 11.9. The zero-order valence-corrected chi connectivity index (χ0v) is 22.0. The first-order valence-corrected chi connectivity index (χ1v) is 13.3. The molecule has 0 saturated carbocycles. The maximum atomic E-state index is 13.5. The van der Waals surface area contributed by atoms with Gasteiger partial charge in [0.25, 0.3) is 11.8 Å². The molecule has 0 bridgehead atoms. The second-order valence-electron chi connectivity index (χ2n) is 10.9. The van der Waals surface area contributed by atoms with Gasteiger partial charge >= 0.3 is 12.2 Å². The fraction of sp³-hybridized carbons (Fsp3) is 0.560. The van der Waals surface area contributed by atoms with E-state index in [0.29, 0.717) is 54.7 Å². The normalized spacial score (nSPS) is 23.6. The first kappa shape index (κ1) is 25.4. The number of piperidine rings is 2. The van der Waals surface area contributed by atoms with E-state index in [1.807, 2.05) is 20.8 Å². The van der Waals surface area contributed by atoms with Gasteiger partial charge in [0.1, 0.15) is 9.83 Å². The summed E-state index contributed by atoms with van der Waals surface area (Å²) in [6.07, 6.45) is 2.46. The van der Waals surface area contributed by atoms with Crippen LogP contribution in [0.4, 0.5) is 14.6 Å². The lowest BCUT2D eigenvalue weighted by Crippen LogP contribution is -2.59. The summed E-state index contributed by atoms with van der Waals surface area (Å²) >= 11 is 1.14. The largest absolute Gasteiger partial charge is 0.465 e. The van der Waals surface area contributed by atoms with E-state index in [9.17, 15) is 24.3 Å². The van der Waals surface area contributed by atoms with Gasteiger partial charge in [-0.05, 0) is 65.1 Å². The highest BCUT2D eigenvalue weighted by Gasteiger charge is 2.58. The molecular weight excluding hydrogens is 498 g/mol. The van der Waals surface area contributed by atoms with E-state index in [4.69, 9.17) is 4.74 Å². The fourth-order valence-corrected chi connectivity index (χ4v) is 6.69. The van der Waals surface area contributed by atoms with Gasteiger partial charge in [0, 0.05) is 42.8 Å². The summed E-state index contributed by atoms with van der Waals surface area (Å²) in [5.74, 6) is -0.490. The van der Waals surface area contributed by atoms with Crippen molar-refractivity contribution in [2.24, 2.45) is 0 Å². The number of rotatable bonds is 3. The monoisotopic (exact) mass is 529 g/mol. The van der Waals surface area contributed by atoms with Crippen molar-refractivity contribution >= 4 is 50.6 Å². The molecule has 2 aromatic rings. The number of imide groups is 1. The van der Waals surface area contributed by atoms with E-state index < -0.39 is 23.3 Å². The molecule has 3 aliphatic rings. The zero-order chi connectivity index (χ0) is 26.5. The highest BCUT2D eigenvalue weighted by molar-refractivity contribution is 7.23. The van der Waals surface area contributed by atoms with Crippen molar-refractivity contribution in [1.82, 2.24) is 19.7 Å². The Bertz CT molecular complexity index is 1260. The lowest BCUT2D eigenvalue weighted by atomic mass is 9.88. The summed E-state index contributed by atoms with van der Waals surface area (Å²) in [6, 6.07) is 3.65. The summed E-state index contributed by atoms with van der Waals surface area (Å²) in [4.78, 5) is 60.8. The van der Waals surface area contributed by atoms with Crippen LogP contribution in [0, 0.1) is 0 Å². The van der Waals surface area contributed by atoms with Gasteiger partial charge < -0.3 is 14.7 Å². The number of likely N-dealkylation sites (tertiary alicyclic amines) is 2. The quantitative estimate of drug-likeness (QED) is 0.616. The molecule has 0 aliphatic carbocycles.